The van der Waals surface area contributed by atoms with Crippen LogP contribution in [0.2, 0.25) is 0 Å². The fraction of sp³-hybridized carbons (Fsp3) is 0.538. The fourth-order valence-electron chi connectivity index (χ4n) is 1.81. The maximum atomic E-state index is 9.77. The smallest absolute Gasteiger partial charge is 0.0692 e. The van der Waals surface area contributed by atoms with E-state index in [-0.39, 0.29) is 6.10 Å². The van der Waals surface area contributed by atoms with E-state index in [0.29, 0.717) is 18.5 Å². The second-order valence-electron chi connectivity index (χ2n) is 4.59. The molecule has 1 aliphatic rings. The predicted octanol–water partition coefficient (Wildman–Crippen LogP) is 2.71. The van der Waals surface area contributed by atoms with Gasteiger partial charge in [-0.1, -0.05) is 12.1 Å². The standard InChI is InChI=1S/C13H18INO/c1-9(10-4-6-12(14)7-5-10)15-8-13(16)11-2-3-11/h4-7,9,11,13,15-16H,2-3,8H2,1H3. The Hall–Kier alpha value is -0.130. The zero-order valence-electron chi connectivity index (χ0n) is 9.49. The highest BCUT2D eigenvalue weighted by Crippen LogP contribution is 2.32. The molecule has 2 atom stereocenters. The fourth-order valence-corrected chi connectivity index (χ4v) is 2.17. The molecule has 0 aliphatic heterocycles. The van der Waals surface area contributed by atoms with Gasteiger partial charge in [0.2, 0.25) is 0 Å². The Morgan fingerprint density at radius 3 is 2.56 bits per heavy atom. The molecule has 3 heteroatoms. The van der Waals surface area contributed by atoms with E-state index < -0.39 is 0 Å². The number of halogens is 1. The quantitative estimate of drug-likeness (QED) is 0.813. The Morgan fingerprint density at radius 2 is 2.00 bits per heavy atom. The van der Waals surface area contributed by atoms with Crippen molar-refractivity contribution >= 4 is 22.6 Å². The first kappa shape index (κ1) is 12.3. The van der Waals surface area contributed by atoms with Crippen LogP contribution in [0.1, 0.15) is 31.4 Å². The highest BCUT2D eigenvalue weighted by atomic mass is 127. The zero-order valence-corrected chi connectivity index (χ0v) is 11.6. The highest BCUT2D eigenvalue weighted by molar-refractivity contribution is 14.1. The minimum atomic E-state index is -0.161. The summed E-state index contributed by atoms with van der Waals surface area (Å²) < 4.78 is 1.26. The van der Waals surface area contributed by atoms with Gasteiger partial charge in [0.15, 0.2) is 0 Å². The summed E-state index contributed by atoms with van der Waals surface area (Å²) in [5.41, 5.74) is 1.28. The van der Waals surface area contributed by atoms with Gasteiger partial charge in [0.05, 0.1) is 6.10 Å². The van der Waals surface area contributed by atoms with Crippen LogP contribution >= 0.6 is 22.6 Å². The molecule has 0 saturated heterocycles. The lowest BCUT2D eigenvalue weighted by Crippen LogP contribution is -2.30. The molecule has 2 unspecified atom stereocenters. The molecule has 1 saturated carbocycles. The van der Waals surface area contributed by atoms with Crippen molar-refractivity contribution < 1.29 is 5.11 Å². The summed E-state index contributed by atoms with van der Waals surface area (Å²) in [6.45, 7) is 2.85. The van der Waals surface area contributed by atoms with Crippen LogP contribution in [0.5, 0.6) is 0 Å². The Labute approximate surface area is 111 Å². The molecule has 2 nitrogen and oxygen atoms in total. The van der Waals surface area contributed by atoms with Gasteiger partial charge in [-0.3, -0.25) is 0 Å². The van der Waals surface area contributed by atoms with E-state index in [2.05, 4.69) is 59.1 Å². The molecule has 1 fully saturated rings. The van der Waals surface area contributed by atoms with Gasteiger partial charge in [0.25, 0.3) is 0 Å². The van der Waals surface area contributed by atoms with Crippen LogP contribution in [0.15, 0.2) is 24.3 Å². The maximum Gasteiger partial charge on any atom is 0.0692 e. The molecule has 1 aliphatic carbocycles. The molecule has 0 amide bonds. The summed E-state index contributed by atoms with van der Waals surface area (Å²) in [5, 5.41) is 13.2. The Balaban J connectivity index is 1.82. The second-order valence-corrected chi connectivity index (χ2v) is 5.83. The number of hydrogen-bond donors (Lipinski definition) is 2. The predicted molar refractivity (Wildman–Crippen MR) is 74.3 cm³/mol. The molecule has 0 spiro atoms. The molecule has 0 aromatic heterocycles. The Kier molecular flexibility index (Phi) is 4.21. The molecule has 0 heterocycles. The van der Waals surface area contributed by atoms with Crippen molar-refractivity contribution in [2.45, 2.75) is 31.9 Å². The molecule has 1 aromatic carbocycles. The summed E-state index contributed by atoms with van der Waals surface area (Å²) >= 11 is 2.31. The first-order chi connectivity index (χ1) is 7.66. The van der Waals surface area contributed by atoms with Crippen molar-refractivity contribution in [3.8, 4) is 0 Å². The van der Waals surface area contributed by atoms with E-state index in [0.717, 1.165) is 0 Å². The average molecular weight is 331 g/mol. The minimum Gasteiger partial charge on any atom is -0.392 e. The van der Waals surface area contributed by atoms with Gasteiger partial charge < -0.3 is 10.4 Å². The summed E-state index contributed by atoms with van der Waals surface area (Å²) in [7, 11) is 0. The van der Waals surface area contributed by atoms with Crippen molar-refractivity contribution in [3.63, 3.8) is 0 Å². The van der Waals surface area contributed by atoms with Gasteiger partial charge in [0, 0.05) is 16.2 Å². The number of nitrogens with one attached hydrogen (secondary N) is 1. The summed E-state index contributed by atoms with van der Waals surface area (Å²) in [6.07, 6.45) is 2.23. The van der Waals surface area contributed by atoms with Crippen LogP contribution in [0, 0.1) is 9.49 Å². The number of hydrogen-bond acceptors (Lipinski definition) is 2. The van der Waals surface area contributed by atoms with Crippen molar-refractivity contribution in [1.29, 1.82) is 0 Å². The lowest BCUT2D eigenvalue weighted by atomic mass is 10.1. The lowest BCUT2D eigenvalue weighted by Gasteiger charge is -2.17. The minimum absolute atomic E-state index is 0.161. The SMILES string of the molecule is CC(NCC(O)C1CC1)c1ccc(I)cc1. The molecule has 0 radical (unpaired) electrons. The monoisotopic (exact) mass is 331 g/mol. The van der Waals surface area contributed by atoms with Gasteiger partial charge >= 0.3 is 0 Å². The largest absolute Gasteiger partial charge is 0.392 e. The molecular weight excluding hydrogens is 313 g/mol. The van der Waals surface area contributed by atoms with Gasteiger partial charge in [-0.15, -0.1) is 0 Å². The van der Waals surface area contributed by atoms with E-state index >= 15 is 0 Å². The third-order valence-corrected chi connectivity index (χ3v) is 3.89. The number of benzene rings is 1. The van der Waals surface area contributed by atoms with Gasteiger partial charge in [-0.05, 0) is 66.0 Å². The molecule has 2 N–H and O–H groups in total. The van der Waals surface area contributed by atoms with Gasteiger partial charge in [-0.2, -0.15) is 0 Å². The van der Waals surface area contributed by atoms with Gasteiger partial charge in [0.1, 0.15) is 0 Å². The number of aliphatic hydroxyl groups is 1. The molecule has 0 bridgehead atoms. The van der Waals surface area contributed by atoms with Crippen LogP contribution in [0.4, 0.5) is 0 Å². The average Bonchev–Trinajstić information content (AvgIpc) is 3.10. The molecule has 2 rings (SSSR count). The van der Waals surface area contributed by atoms with Crippen LogP contribution in [-0.4, -0.2) is 17.8 Å². The first-order valence-corrected chi connectivity index (χ1v) is 6.91. The molecule has 1 aromatic rings. The zero-order chi connectivity index (χ0) is 11.5. The van der Waals surface area contributed by atoms with E-state index in [1.807, 2.05) is 0 Å². The van der Waals surface area contributed by atoms with Crippen LogP contribution in [-0.2, 0) is 0 Å². The number of rotatable bonds is 5. The maximum absolute atomic E-state index is 9.77. The summed E-state index contributed by atoms with van der Waals surface area (Å²) in [6, 6.07) is 8.83. The number of aliphatic hydroxyl groups excluding tert-OH is 1. The summed E-state index contributed by atoms with van der Waals surface area (Å²) in [5.74, 6) is 0.552. The van der Waals surface area contributed by atoms with Crippen molar-refractivity contribution in [3.05, 3.63) is 33.4 Å². The van der Waals surface area contributed by atoms with Crippen LogP contribution < -0.4 is 5.32 Å². The second kappa shape index (κ2) is 5.47. The van der Waals surface area contributed by atoms with E-state index in [4.69, 9.17) is 0 Å². The van der Waals surface area contributed by atoms with Crippen LogP contribution in [0.25, 0.3) is 0 Å². The summed E-state index contributed by atoms with van der Waals surface area (Å²) in [4.78, 5) is 0. The Morgan fingerprint density at radius 1 is 1.38 bits per heavy atom. The Bertz CT molecular complexity index is 334. The first-order valence-electron chi connectivity index (χ1n) is 5.83. The molecular formula is C13H18INO. The van der Waals surface area contributed by atoms with E-state index in [9.17, 15) is 5.11 Å². The third kappa shape index (κ3) is 3.43. The topological polar surface area (TPSA) is 32.3 Å². The van der Waals surface area contributed by atoms with Crippen molar-refractivity contribution in [1.82, 2.24) is 5.32 Å². The third-order valence-electron chi connectivity index (χ3n) is 3.17. The molecule has 88 valence electrons. The van der Waals surface area contributed by atoms with Crippen molar-refractivity contribution in [2.75, 3.05) is 6.54 Å². The van der Waals surface area contributed by atoms with E-state index in [1.54, 1.807) is 0 Å². The van der Waals surface area contributed by atoms with Crippen LogP contribution in [0.3, 0.4) is 0 Å². The van der Waals surface area contributed by atoms with Gasteiger partial charge in [-0.25, -0.2) is 0 Å². The molecule has 16 heavy (non-hydrogen) atoms. The lowest BCUT2D eigenvalue weighted by molar-refractivity contribution is 0.145. The highest BCUT2D eigenvalue weighted by Gasteiger charge is 2.29. The van der Waals surface area contributed by atoms with Crippen molar-refractivity contribution in [2.24, 2.45) is 5.92 Å². The van der Waals surface area contributed by atoms with E-state index in [1.165, 1.54) is 22.0 Å². The normalized spacial score (nSPS) is 19.4.